The van der Waals surface area contributed by atoms with E-state index in [0.717, 1.165) is 5.56 Å². The van der Waals surface area contributed by atoms with E-state index in [0.29, 0.717) is 13.2 Å². The van der Waals surface area contributed by atoms with Gasteiger partial charge in [0.25, 0.3) is 0 Å². The molecule has 23 heavy (non-hydrogen) atoms. The molecule has 1 aromatic carbocycles. The van der Waals surface area contributed by atoms with E-state index < -0.39 is 9.84 Å². The lowest BCUT2D eigenvalue weighted by molar-refractivity contribution is -0.130. The lowest BCUT2D eigenvalue weighted by Gasteiger charge is -2.25. The van der Waals surface area contributed by atoms with Gasteiger partial charge in [0.05, 0.1) is 24.1 Å². The van der Waals surface area contributed by atoms with Crippen LogP contribution in [0.15, 0.2) is 29.2 Å². The van der Waals surface area contributed by atoms with Crippen molar-refractivity contribution in [2.75, 3.05) is 40.1 Å². The summed E-state index contributed by atoms with van der Waals surface area (Å²) in [5, 5.41) is 3.01. The highest BCUT2D eigenvalue weighted by Gasteiger charge is 2.17. The molecule has 0 bridgehead atoms. The van der Waals surface area contributed by atoms with E-state index in [1.807, 2.05) is 6.92 Å². The van der Waals surface area contributed by atoms with Gasteiger partial charge >= 0.3 is 0 Å². The molecule has 0 aromatic heterocycles. The maximum absolute atomic E-state index is 12.1. The third-order valence-electron chi connectivity index (χ3n) is 3.52. The summed E-state index contributed by atoms with van der Waals surface area (Å²) in [7, 11) is 0.139. The first-order valence-electron chi connectivity index (χ1n) is 7.02. The van der Waals surface area contributed by atoms with Crippen LogP contribution < -0.4 is 5.32 Å². The average molecular weight is 365 g/mol. The summed E-state index contributed by atoms with van der Waals surface area (Å²) in [5.41, 5.74) is 0.889. The van der Waals surface area contributed by atoms with Crippen LogP contribution in [-0.2, 0) is 19.4 Å². The number of nitrogens with zero attached hydrogens (tertiary/aromatic N) is 1. The molecular formula is C15H25ClN2O4S. The highest BCUT2D eigenvalue weighted by molar-refractivity contribution is 7.90. The number of amides is 1. The van der Waals surface area contributed by atoms with Gasteiger partial charge in [0.2, 0.25) is 5.91 Å². The van der Waals surface area contributed by atoms with Crippen molar-refractivity contribution in [2.45, 2.75) is 17.9 Å². The van der Waals surface area contributed by atoms with E-state index in [2.05, 4.69) is 5.32 Å². The van der Waals surface area contributed by atoms with Gasteiger partial charge in [-0.1, -0.05) is 12.1 Å². The fraction of sp³-hybridized carbons (Fsp3) is 0.533. The third kappa shape index (κ3) is 6.87. The zero-order valence-corrected chi connectivity index (χ0v) is 15.5. The molecule has 1 aromatic rings. The summed E-state index contributed by atoms with van der Waals surface area (Å²) in [4.78, 5) is 14.0. The number of hydrogen-bond donors (Lipinski definition) is 1. The number of likely N-dealkylation sites (N-methyl/N-ethyl adjacent to an activating group) is 1. The second kappa shape index (κ2) is 9.87. The number of halogens is 1. The fourth-order valence-electron chi connectivity index (χ4n) is 1.93. The Bertz CT molecular complexity index is 590. The monoisotopic (exact) mass is 364 g/mol. The molecule has 8 heteroatoms. The van der Waals surface area contributed by atoms with Crippen LogP contribution in [0.25, 0.3) is 0 Å². The number of ether oxygens (including phenoxy) is 1. The summed E-state index contributed by atoms with van der Waals surface area (Å²) >= 11 is 0. The zero-order valence-electron chi connectivity index (χ0n) is 13.9. The first-order valence-corrected chi connectivity index (χ1v) is 8.92. The van der Waals surface area contributed by atoms with E-state index in [1.54, 1.807) is 43.3 Å². The van der Waals surface area contributed by atoms with Crippen molar-refractivity contribution in [2.24, 2.45) is 0 Å². The third-order valence-corrected chi connectivity index (χ3v) is 4.65. The van der Waals surface area contributed by atoms with Gasteiger partial charge in [0, 0.05) is 27.0 Å². The highest BCUT2D eigenvalue weighted by atomic mass is 35.5. The first kappa shape index (κ1) is 21.9. The smallest absolute Gasteiger partial charge is 0.236 e. The van der Waals surface area contributed by atoms with Crippen molar-refractivity contribution in [3.05, 3.63) is 29.8 Å². The number of benzene rings is 1. The number of sulfone groups is 1. The van der Waals surface area contributed by atoms with Gasteiger partial charge in [-0.15, -0.1) is 12.4 Å². The number of nitrogens with one attached hydrogen (secondary N) is 1. The Balaban J connectivity index is 0.00000484. The normalized spacial score (nSPS) is 12.3. The minimum Gasteiger partial charge on any atom is -0.383 e. The molecular weight excluding hydrogens is 340 g/mol. The van der Waals surface area contributed by atoms with Gasteiger partial charge in [-0.2, -0.15) is 0 Å². The predicted molar refractivity (Wildman–Crippen MR) is 92.7 cm³/mol. The molecule has 1 rings (SSSR count). The van der Waals surface area contributed by atoms with E-state index >= 15 is 0 Å². The van der Waals surface area contributed by atoms with E-state index in [4.69, 9.17) is 4.74 Å². The van der Waals surface area contributed by atoms with Gasteiger partial charge in [-0.05, 0) is 24.6 Å². The van der Waals surface area contributed by atoms with Crippen LogP contribution in [0.1, 0.15) is 18.5 Å². The van der Waals surface area contributed by atoms with E-state index in [-0.39, 0.29) is 35.8 Å². The molecule has 0 spiro atoms. The minimum atomic E-state index is -3.20. The molecule has 1 unspecified atom stereocenters. The van der Waals surface area contributed by atoms with Crippen molar-refractivity contribution in [1.82, 2.24) is 10.2 Å². The van der Waals surface area contributed by atoms with E-state index in [9.17, 15) is 13.2 Å². The maximum Gasteiger partial charge on any atom is 0.236 e. The standard InChI is InChI=1S/C15H24N2O4S.ClH/c1-12(17(2)15(18)11-16-9-10-21-3)13-5-7-14(8-6-13)22(4,19)20;/h5-8,12,16H,9-11H2,1-4H3;1H. The predicted octanol–water partition coefficient (Wildman–Crippen LogP) is 1.27. The Morgan fingerprint density at radius 2 is 1.87 bits per heavy atom. The van der Waals surface area contributed by atoms with Crippen molar-refractivity contribution >= 4 is 28.2 Å². The molecule has 0 fully saturated rings. The Hall–Kier alpha value is -1.15. The number of carbonyl (C=O) groups excluding carboxylic acids is 1. The summed E-state index contributed by atoms with van der Waals surface area (Å²) in [5.74, 6) is -0.0317. The molecule has 6 nitrogen and oxygen atoms in total. The van der Waals surface area contributed by atoms with Crippen LogP contribution in [0, 0.1) is 0 Å². The van der Waals surface area contributed by atoms with Crippen molar-refractivity contribution in [3.63, 3.8) is 0 Å². The minimum absolute atomic E-state index is 0. The van der Waals surface area contributed by atoms with Gasteiger partial charge < -0.3 is 15.0 Å². The summed E-state index contributed by atoms with van der Waals surface area (Å²) in [6.45, 7) is 3.32. The van der Waals surface area contributed by atoms with Gasteiger partial charge in [-0.3, -0.25) is 4.79 Å². The van der Waals surface area contributed by atoms with Crippen LogP contribution in [-0.4, -0.2) is 59.3 Å². The molecule has 1 amide bonds. The molecule has 1 N–H and O–H groups in total. The summed E-state index contributed by atoms with van der Waals surface area (Å²) < 4.78 is 27.8. The van der Waals surface area contributed by atoms with E-state index in [1.165, 1.54) is 6.26 Å². The lowest BCUT2D eigenvalue weighted by atomic mass is 10.1. The Morgan fingerprint density at radius 3 is 2.35 bits per heavy atom. The molecule has 0 aliphatic rings. The molecule has 0 radical (unpaired) electrons. The largest absolute Gasteiger partial charge is 0.383 e. The van der Waals surface area contributed by atoms with Crippen LogP contribution in [0.5, 0.6) is 0 Å². The summed E-state index contributed by atoms with van der Waals surface area (Å²) in [6, 6.07) is 6.48. The Morgan fingerprint density at radius 1 is 1.30 bits per heavy atom. The lowest BCUT2D eigenvalue weighted by Crippen LogP contribution is -2.38. The molecule has 0 saturated heterocycles. The van der Waals surface area contributed by atoms with Crippen LogP contribution in [0.4, 0.5) is 0 Å². The molecule has 0 aliphatic heterocycles. The second-order valence-corrected chi connectivity index (χ2v) is 7.21. The second-order valence-electron chi connectivity index (χ2n) is 5.19. The number of hydrogen-bond acceptors (Lipinski definition) is 5. The van der Waals surface area contributed by atoms with Gasteiger partial charge in [0.15, 0.2) is 9.84 Å². The number of carbonyl (C=O) groups is 1. The SMILES string of the molecule is COCCNCC(=O)N(C)C(C)c1ccc(S(C)(=O)=O)cc1.Cl. The number of methoxy groups -OCH3 is 1. The molecule has 0 heterocycles. The topological polar surface area (TPSA) is 75.7 Å². The van der Waals surface area contributed by atoms with Crippen molar-refractivity contribution < 1.29 is 17.9 Å². The first-order chi connectivity index (χ1) is 10.3. The van der Waals surface area contributed by atoms with Crippen molar-refractivity contribution in [3.8, 4) is 0 Å². The maximum atomic E-state index is 12.1. The van der Waals surface area contributed by atoms with Crippen LogP contribution >= 0.6 is 12.4 Å². The van der Waals surface area contributed by atoms with Gasteiger partial charge in [0.1, 0.15) is 0 Å². The van der Waals surface area contributed by atoms with Crippen LogP contribution in [0.3, 0.4) is 0 Å². The number of rotatable bonds is 8. The Labute approximate surface area is 144 Å². The molecule has 132 valence electrons. The van der Waals surface area contributed by atoms with Gasteiger partial charge in [-0.25, -0.2) is 8.42 Å². The fourth-order valence-corrected chi connectivity index (χ4v) is 2.56. The molecule has 0 saturated carbocycles. The Kier molecular flexibility index (Phi) is 9.38. The van der Waals surface area contributed by atoms with Crippen molar-refractivity contribution in [1.29, 1.82) is 0 Å². The van der Waals surface area contributed by atoms with Crippen LogP contribution in [0.2, 0.25) is 0 Å². The molecule has 0 aliphatic carbocycles. The quantitative estimate of drug-likeness (QED) is 0.703. The molecule has 1 atom stereocenters. The average Bonchev–Trinajstić information content (AvgIpc) is 2.49. The highest BCUT2D eigenvalue weighted by Crippen LogP contribution is 2.20. The summed E-state index contributed by atoms with van der Waals surface area (Å²) in [6.07, 6.45) is 1.17. The zero-order chi connectivity index (χ0) is 16.8.